The molecule has 3 rings (SSSR count). The minimum Gasteiger partial charge on any atom is -0.268 e. The van der Waals surface area contributed by atoms with Crippen LogP contribution in [-0.2, 0) is 16.6 Å². The lowest BCUT2D eigenvalue weighted by atomic mass is 10.1. The van der Waals surface area contributed by atoms with Gasteiger partial charge < -0.3 is 0 Å². The lowest BCUT2D eigenvalue weighted by Crippen LogP contribution is -2.29. The van der Waals surface area contributed by atoms with Crippen molar-refractivity contribution >= 4 is 15.9 Å². The Morgan fingerprint density at radius 2 is 1.62 bits per heavy atom. The molecular formula is C16H15NO3S. The average Bonchev–Trinajstić information content (AvgIpc) is 2.60. The number of nitrogens with zero attached hydrogens (tertiary/aromatic N) is 1. The maximum atomic E-state index is 12.5. The molecule has 0 bridgehead atoms. The number of hydrogen-bond acceptors (Lipinski definition) is 3. The first-order valence-corrected chi connectivity index (χ1v) is 8.07. The fraction of sp³-hybridized carbons (Fsp3) is 0.188. The molecule has 1 heterocycles. The Morgan fingerprint density at radius 1 is 1.00 bits per heavy atom. The van der Waals surface area contributed by atoms with Crippen molar-refractivity contribution in [2.45, 2.75) is 25.3 Å². The number of sulfonamides is 1. The zero-order valence-corrected chi connectivity index (χ0v) is 12.6. The largest absolute Gasteiger partial charge is 0.269 e. The minimum absolute atomic E-state index is 0.0678. The van der Waals surface area contributed by atoms with Crippen LogP contribution < -0.4 is 0 Å². The van der Waals surface area contributed by atoms with Gasteiger partial charge in [-0.2, -0.15) is 0 Å². The fourth-order valence-electron chi connectivity index (χ4n) is 2.71. The molecule has 0 atom stereocenters. The van der Waals surface area contributed by atoms with E-state index < -0.39 is 15.9 Å². The monoisotopic (exact) mass is 301 g/mol. The summed E-state index contributed by atoms with van der Waals surface area (Å²) in [6.07, 6.45) is 0. The highest BCUT2D eigenvalue weighted by Crippen LogP contribution is 2.31. The predicted octanol–water partition coefficient (Wildman–Crippen LogP) is 2.65. The van der Waals surface area contributed by atoms with Crippen LogP contribution in [0.25, 0.3) is 0 Å². The molecule has 0 spiro atoms. The van der Waals surface area contributed by atoms with Crippen molar-refractivity contribution in [3.63, 3.8) is 0 Å². The van der Waals surface area contributed by atoms with Crippen LogP contribution in [0.2, 0.25) is 0 Å². The first-order chi connectivity index (χ1) is 9.89. The zero-order chi connectivity index (χ0) is 15.2. The van der Waals surface area contributed by atoms with Crippen molar-refractivity contribution in [3.8, 4) is 0 Å². The van der Waals surface area contributed by atoms with E-state index in [-0.39, 0.29) is 17.0 Å². The van der Waals surface area contributed by atoms with Crippen LogP contribution in [0.3, 0.4) is 0 Å². The molecule has 0 radical (unpaired) electrons. The minimum atomic E-state index is -3.74. The van der Waals surface area contributed by atoms with E-state index in [0.29, 0.717) is 0 Å². The van der Waals surface area contributed by atoms with E-state index in [1.165, 1.54) is 6.07 Å². The predicted molar refractivity (Wildman–Crippen MR) is 79.4 cm³/mol. The number of rotatable bonds is 2. The van der Waals surface area contributed by atoms with Crippen LogP contribution in [0.1, 0.15) is 27.0 Å². The lowest BCUT2D eigenvalue weighted by molar-refractivity contribution is 0.0865. The Kier molecular flexibility index (Phi) is 3.10. The third-order valence-corrected chi connectivity index (χ3v) is 5.31. The number of fused-ring (bicyclic) bond motifs is 1. The van der Waals surface area contributed by atoms with E-state index in [4.69, 9.17) is 0 Å². The second-order valence-corrected chi connectivity index (χ2v) is 7.14. The fourth-order valence-corrected chi connectivity index (χ4v) is 4.27. The Morgan fingerprint density at radius 3 is 2.24 bits per heavy atom. The maximum Gasteiger partial charge on any atom is 0.269 e. The summed E-state index contributed by atoms with van der Waals surface area (Å²) in [4.78, 5) is 12.4. The molecule has 2 aromatic rings. The third-order valence-electron chi connectivity index (χ3n) is 3.52. The van der Waals surface area contributed by atoms with Gasteiger partial charge in [0.2, 0.25) is 0 Å². The number of carbonyl (C=O) groups excluding carboxylic acids is 1. The molecule has 0 aromatic heterocycles. The van der Waals surface area contributed by atoms with Crippen LogP contribution in [-0.4, -0.2) is 18.6 Å². The van der Waals surface area contributed by atoms with Gasteiger partial charge in [-0.3, -0.25) is 4.79 Å². The van der Waals surface area contributed by atoms with Gasteiger partial charge in [-0.15, -0.1) is 0 Å². The number of hydrogen-bond donors (Lipinski definition) is 0. The number of carbonyl (C=O) groups is 1. The van der Waals surface area contributed by atoms with Crippen LogP contribution in [0.15, 0.2) is 47.4 Å². The summed E-state index contributed by atoms with van der Waals surface area (Å²) in [5.74, 6) is -0.454. The summed E-state index contributed by atoms with van der Waals surface area (Å²) in [7, 11) is -3.74. The molecule has 108 valence electrons. The second-order valence-electron chi connectivity index (χ2n) is 5.31. The van der Waals surface area contributed by atoms with E-state index in [0.717, 1.165) is 21.0 Å². The van der Waals surface area contributed by atoms with Gasteiger partial charge >= 0.3 is 0 Å². The highest BCUT2D eigenvalue weighted by atomic mass is 32.2. The van der Waals surface area contributed by atoms with Crippen LogP contribution in [0.4, 0.5) is 0 Å². The van der Waals surface area contributed by atoms with Crippen molar-refractivity contribution in [2.75, 3.05) is 0 Å². The molecule has 5 heteroatoms. The van der Waals surface area contributed by atoms with E-state index in [1.807, 2.05) is 32.0 Å². The number of amides is 1. The van der Waals surface area contributed by atoms with Crippen molar-refractivity contribution in [1.82, 2.24) is 4.31 Å². The molecule has 0 saturated heterocycles. The van der Waals surface area contributed by atoms with Gasteiger partial charge in [0, 0.05) is 0 Å². The Bertz CT molecular complexity index is 820. The molecule has 2 aromatic carbocycles. The molecule has 0 unspecified atom stereocenters. The Balaban J connectivity index is 2.03. The van der Waals surface area contributed by atoms with Crippen molar-refractivity contribution in [1.29, 1.82) is 0 Å². The smallest absolute Gasteiger partial charge is 0.268 e. The van der Waals surface area contributed by atoms with Crippen LogP contribution >= 0.6 is 0 Å². The summed E-state index contributed by atoms with van der Waals surface area (Å²) < 4.78 is 25.9. The summed E-state index contributed by atoms with van der Waals surface area (Å²) in [5, 5.41) is 0. The van der Waals surface area contributed by atoms with Gasteiger partial charge in [-0.05, 0) is 31.5 Å². The molecule has 0 N–H and O–H groups in total. The van der Waals surface area contributed by atoms with Gasteiger partial charge in [0.25, 0.3) is 15.9 Å². The standard InChI is InChI=1S/C16H15NO3S/c1-11-7-12(2)9-13(8-11)10-17-16(18)14-5-3-4-6-15(14)21(17,19)20/h3-9H,10H2,1-2H3. The summed E-state index contributed by atoms with van der Waals surface area (Å²) in [6, 6.07) is 12.1. The number of aryl methyl sites for hydroxylation is 2. The molecule has 21 heavy (non-hydrogen) atoms. The van der Waals surface area contributed by atoms with Crippen molar-refractivity contribution in [3.05, 3.63) is 64.7 Å². The molecule has 1 aliphatic rings. The molecule has 0 aliphatic carbocycles. The molecule has 0 saturated carbocycles. The Labute approximate surface area is 124 Å². The highest BCUT2D eigenvalue weighted by Gasteiger charge is 2.40. The van der Waals surface area contributed by atoms with Crippen LogP contribution in [0, 0.1) is 13.8 Å². The van der Waals surface area contributed by atoms with Crippen molar-refractivity contribution in [2.24, 2.45) is 0 Å². The van der Waals surface area contributed by atoms with E-state index >= 15 is 0 Å². The second kappa shape index (κ2) is 4.70. The van der Waals surface area contributed by atoms with Crippen LogP contribution in [0.5, 0.6) is 0 Å². The van der Waals surface area contributed by atoms with E-state index in [1.54, 1.807) is 18.2 Å². The molecule has 1 amide bonds. The summed E-state index contributed by atoms with van der Waals surface area (Å²) in [6.45, 7) is 3.97. The normalized spacial score (nSPS) is 16.1. The van der Waals surface area contributed by atoms with Crippen molar-refractivity contribution < 1.29 is 13.2 Å². The van der Waals surface area contributed by atoms with E-state index in [2.05, 4.69) is 0 Å². The summed E-state index contributed by atoms with van der Waals surface area (Å²) in [5.41, 5.74) is 3.16. The average molecular weight is 301 g/mol. The van der Waals surface area contributed by atoms with Gasteiger partial charge in [0.1, 0.15) is 4.90 Å². The van der Waals surface area contributed by atoms with Gasteiger partial charge in [-0.25, -0.2) is 12.7 Å². The van der Waals surface area contributed by atoms with E-state index in [9.17, 15) is 13.2 Å². The molecular weight excluding hydrogens is 286 g/mol. The first kappa shape index (κ1) is 13.8. The maximum absolute atomic E-state index is 12.5. The van der Waals surface area contributed by atoms with Gasteiger partial charge in [-0.1, -0.05) is 41.5 Å². The highest BCUT2D eigenvalue weighted by molar-refractivity contribution is 7.90. The Hall–Kier alpha value is -2.14. The number of benzene rings is 2. The first-order valence-electron chi connectivity index (χ1n) is 6.63. The zero-order valence-electron chi connectivity index (χ0n) is 11.8. The SMILES string of the molecule is Cc1cc(C)cc(CN2C(=O)c3ccccc3S2(=O)=O)c1. The van der Waals surface area contributed by atoms with Gasteiger partial charge in [0.05, 0.1) is 12.1 Å². The molecule has 1 aliphatic heterocycles. The third kappa shape index (κ3) is 2.23. The molecule has 4 nitrogen and oxygen atoms in total. The van der Waals surface area contributed by atoms with Gasteiger partial charge in [0.15, 0.2) is 0 Å². The quantitative estimate of drug-likeness (QED) is 0.857. The summed E-state index contributed by atoms with van der Waals surface area (Å²) >= 11 is 0. The molecule has 0 fully saturated rings. The lowest BCUT2D eigenvalue weighted by Gasteiger charge is -2.16. The topological polar surface area (TPSA) is 54.5 Å².